The quantitative estimate of drug-likeness (QED) is 0.574. The summed E-state index contributed by atoms with van der Waals surface area (Å²) in [6.07, 6.45) is 4.42. The molecular weight excluding hydrogens is 183 g/mol. The number of unbranched alkanes of at least 4 members (excludes halogenated alkanes) is 1. The largest absolute Gasteiger partial charge is 0.330 e. The van der Waals surface area contributed by atoms with E-state index in [1.165, 1.54) is 12.3 Å². The first-order valence-corrected chi connectivity index (χ1v) is 4.58. The number of nitrogens with zero attached hydrogens (tertiary/aromatic N) is 1. The number of carbonyl (C=O) groups excluding carboxylic acids is 1. The average molecular weight is 196 g/mol. The van der Waals surface area contributed by atoms with Crippen molar-refractivity contribution < 1.29 is 9.18 Å². The fourth-order valence-corrected chi connectivity index (χ4v) is 1.14. The molecule has 1 aromatic heterocycles. The standard InChI is InChI=1S/C10H13FN2O/c11-9-5-8(6-13-7-9)10(14)3-1-2-4-12/h5-7H,1-4,12H2. The van der Waals surface area contributed by atoms with Crippen molar-refractivity contribution in [3.8, 4) is 0 Å². The molecule has 4 heteroatoms. The summed E-state index contributed by atoms with van der Waals surface area (Å²) in [6, 6.07) is 1.21. The van der Waals surface area contributed by atoms with E-state index in [0.717, 1.165) is 19.0 Å². The van der Waals surface area contributed by atoms with Crippen molar-refractivity contribution in [2.24, 2.45) is 5.73 Å². The van der Waals surface area contributed by atoms with Crippen LogP contribution >= 0.6 is 0 Å². The maximum atomic E-state index is 12.7. The predicted molar refractivity (Wildman–Crippen MR) is 51.4 cm³/mol. The van der Waals surface area contributed by atoms with Crippen LogP contribution in [-0.2, 0) is 0 Å². The molecule has 0 aromatic carbocycles. The minimum Gasteiger partial charge on any atom is -0.330 e. The Balaban J connectivity index is 2.52. The highest BCUT2D eigenvalue weighted by atomic mass is 19.1. The van der Waals surface area contributed by atoms with Gasteiger partial charge in [0.25, 0.3) is 0 Å². The molecule has 0 unspecified atom stereocenters. The van der Waals surface area contributed by atoms with Crippen LogP contribution in [-0.4, -0.2) is 17.3 Å². The lowest BCUT2D eigenvalue weighted by Crippen LogP contribution is -2.03. The smallest absolute Gasteiger partial charge is 0.164 e. The maximum Gasteiger partial charge on any atom is 0.164 e. The van der Waals surface area contributed by atoms with Gasteiger partial charge in [-0.2, -0.15) is 0 Å². The number of rotatable bonds is 5. The molecule has 0 saturated heterocycles. The molecule has 3 nitrogen and oxygen atoms in total. The molecule has 76 valence electrons. The summed E-state index contributed by atoms with van der Waals surface area (Å²) in [7, 11) is 0. The van der Waals surface area contributed by atoms with Crippen molar-refractivity contribution in [3.05, 3.63) is 29.8 Å². The Hall–Kier alpha value is -1.29. The van der Waals surface area contributed by atoms with Gasteiger partial charge in [-0.25, -0.2) is 4.39 Å². The van der Waals surface area contributed by atoms with Gasteiger partial charge in [-0.15, -0.1) is 0 Å². The number of pyridine rings is 1. The number of carbonyl (C=O) groups is 1. The highest BCUT2D eigenvalue weighted by Crippen LogP contribution is 2.06. The molecule has 0 fully saturated rings. The molecule has 0 aliphatic heterocycles. The Bertz CT molecular complexity index is 315. The van der Waals surface area contributed by atoms with E-state index in [0.29, 0.717) is 18.5 Å². The highest BCUT2D eigenvalue weighted by molar-refractivity contribution is 5.95. The zero-order valence-electron chi connectivity index (χ0n) is 7.87. The lowest BCUT2D eigenvalue weighted by molar-refractivity contribution is 0.0979. The monoisotopic (exact) mass is 196 g/mol. The van der Waals surface area contributed by atoms with Crippen molar-refractivity contribution in [1.82, 2.24) is 4.98 Å². The zero-order valence-corrected chi connectivity index (χ0v) is 7.87. The third-order valence-corrected chi connectivity index (χ3v) is 1.88. The molecule has 0 aliphatic rings. The molecule has 0 aliphatic carbocycles. The van der Waals surface area contributed by atoms with Gasteiger partial charge in [0.1, 0.15) is 5.82 Å². The summed E-state index contributed by atoms with van der Waals surface area (Å²) in [6.45, 7) is 0.578. The van der Waals surface area contributed by atoms with E-state index in [-0.39, 0.29) is 5.78 Å². The summed E-state index contributed by atoms with van der Waals surface area (Å²) in [5.74, 6) is -0.555. The van der Waals surface area contributed by atoms with Crippen LogP contribution in [0.2, 0.25) is 0 Å². The molecule has 0 atom stereocenters. The van der Waals surface area contributed by atoms with Crippen molar-refractivity contribution in [1.29, 1.82) is 0 Å². The molecule has 0 spiro atoms. The fourth-order valence-electron chi connectivity index (χ4n) is 1.14. The molecular formula is C10H13FN2O. The van der Waals surface area contributed by atoms with Gasteiger partial charge >= 0.3 is 0 Å². The fraction of sp³-hybridized carbons (Fsp3) is 0.400. The van der Waals surface area contributed by atoms with E-state index in [4.69, 9.17) is 5.73 Å². The molecule has 1 aromatic rings. The Morgan fingerprint density at radius 2 is 2.21 bits per heavy atom. The first-order chi connectivity index (χ1) is 6.74. The third kappa shape index (κ3) is 3.22. The van der Waals surface area contributed by atoms with Crippen LogP contribution in [0.3, 0.4) is 0 Å². The van der Waals surface area contributed by atoms with Crippen molar-refractivity contribution >= 4 is 5.78 Å². The Kier molecular flexibility index (Phi) is 4.19. The van der Waals surface area contributed by atoms with Gasteiger partial charge in [0.2, 0.25) is 0 Å². The van der Waals surface area contributed by atoms with Crippen molar-refractivity contribution in [2.75, 3.05) is 6.54 Å². The van der Waals surface area contributed by atoms with Gasteiger partial charge < -0.3 is 5.73 Å². The first kappa shape index (κ1) is 10.8. The van der Waals surface area contributed by atoms with Crippen LogP contribution < -0.4 is 5.73 Å². The van der Waals surface area contributed by atoms with Gasteiger partial charge in [-0.3, -0.25) is 9.78 Å². The Morgan fingerprint density at radius 1 is 1.43 bits per heavy atom. The Morgan fingerprint density at radius 3 is 2.86 bits per heavy atom. The van der Waals surface area contributed by atoms with Crippen molar-refractivity contribution in [2.45, 2.75) is 19.3 Å². The molecule has 1 heterocycles. The second-order valence-electron chi connectivity index (χ2n) is 3.06. The van der Waals surface area contributed by atoms with Gasteiger partial charge in [-0.05, 0) is 25.5 Å². The summed E-state index contributed by atoms with van der Waals surface area (Å²) in [5, 5.41) is 0. The van der Waals surface area contributed by atoms with E-state index < -0.39 is 5.82 Å². The molecule has 0 radical (unpaired) electrons. The van der Waals surface area contributed by atoms with E-state index in [1.807, 2.05) is 0 Å². The maximum absolute atomic E-state index is 12.7. The number of aromatic nitrogens is 1. The van der Waals surface area contributed by atoms with E-state index in [1.54, 1.807) is 0 Å². The topological polar surface area (TPSA) is 56.0 Å². The third-order valence-electron chi connectivity index (χ3n) is 1.88. The second-order valence-corrected chi connectivity index (χ2v) is 3.06. The van der Waals surface area contributed by atoms with Crippen LogP contribution in [0.5, 0.6) is 0 Å². The summed E-state index contributed by atoms with van der Waals surface area (Å²) in [5.41, 5.74) is 5.63. The highest BCUT2D eigenvalue weighted by Gasteiger charge is 2.06. The molecule has 0 bridgehead atoms. The summed E-state index contributed by atoms with van der Waals surface area (Å²) in [4.78, 5) is 15.0. The number of hydrogen-bond acceptors (Lipinski definition) is 3. The van der Waals surface area contributed by atoms with E-state index in [2.05, 4.69) is 4.98 Å². The van der Waals surface area contributed by atoms with E-state index in [9.17, 15) is 9.18 Å². The minimum absolute atomic E-state index is 0.0783. The van der Waals surface area contributed by atoms with E-state index >= 15 is 0 Å². The molecule has 0 amide bonds. The van der Waals surface area contributed by atoms with Gasteiger partial charge in [0, 0.05) is 18.2 Å². The molecule has 14 heavy (non-hydrogen) atoms. The molecule has 0 saturated carbocycles. The number of ketones is 1. The molecule has 2 N–H and O–H groups in total. The van der Waals surface area contributed by atoms with Crippen molar-refractivity contribution in [3.63, 3.8) is 0 Å². The minimum atomic E-state index is -0.477. The van der Waals surface area contributed by atoms with Crippen LogP contribution in [0.25, 0.3) is 0 Å². The van der Waals surface area contributed by atoms with Crippen LogP contribution in [0, 0.1) is 5.82 Å². The normalized spacial score (nSPS) is 10.1. The van der Waals surface area contributed by atoms with Crippen LogP contribution in [0.1, 0.15) is 29.6 Å². The van der Waals surface area contributed by atoms with Gasteiger partial charge in [-0.1, -0.05) is 0 Å². The predicted octanol–water partition coefficient (Wildman–Crippen LogP) is 1.53. The number of halogens is 1. The number of nitrogens with two attached hydrogens (primary N) is 1. The second kappa shape index (κ2) is 5.44. The number of Topliss-reactive ketones (excluding diaryl/α,β-unsaturated/α-hetero) is 1. The van der Waals surface area contributed by atoms with Crippen LogP contribution in [0.4, 0.5) is 4.39 Å². The number of hydrogen-bond donors (Lipinski definition) is 1. The lowest BCUT2D eigenvalue weighted by atomic mass is 10.1. The lowest BCUT2D eigenvalue weighted by Gasteiger charge is -1.99. The molecule has 1 rings (SSSR count). The van der Waals surface area contributed by atoms with Crippen LogP contribution in [0.15, 0.2) is 18.5 Å². The summed E-state index contributed by atoms with van der Waals surface area (Å²) >= 11 is 0. The van der Waals surface area contributed by atoms with Gasteiger partial charge in [0.05, 0.1) is 6.20 Å². The average Bonchev–Trinajstić information content (AvgIpc) is 2.18. The SMILES string of the molecule is NCCCCC(=O)c1cncc(F)c1. The first-order valence-electron chi connectivity index (χ1n) is 4.58. The summed E-state index contributed by atoms with van der Waals surface area (Å²) < 4.78 is 12.7. The van der Waals surface area contributed by atoms with Gasteiger partial charge in [0.15, 0.2) is 5.78 Å². The Labute approximate surface area is 82.1 Å². The zero-order chi connectivity index (χ0) is 10.4.